The van der Waals surface area contributed by atoms with Crippen molar-refractivity contribution < 1.29 is 0 Å². The summed E-state index contributed by atoms with van der Waals surface area (Å²) in [6, 6.07) is 0. The number of fused-ring (bicyclic) bond motifs is 1. The maximum absolute atomic E-state index is 4.09. The third kappa shape index (κ3) is 0.751. The van der Waals surface area contributed by atoms with Crippen molar-refractivity contribution in [2.45, 2.75) is 12.7 Å². The zero-order valence-corrected chi connectivity index (χ0v) is 5.17. The lowest BCUT2D eigenvalue weighted by molar-refractivity contribution is 0.146. The minimum atomic E-state index is 0.277. The fraction of sp³-hybridized carbons (Fsp3) is 0.800. The molecule has 1 fully saturated rings. The summed E-state index contributed by atoms with van der Waals surface area (Å²) in [7, 11) is 0. The molecule has 1 saturated heterocycles. The molecule has 2 aliphatic heterocycles. The fourth-order valence-electron chi connectivity index (χ4n) is 1.16. The lowest BCUT2D eigenvalue weighted by Crippen LogP contribution is -2.52. The van der Waals surface area contributed by atoms with Crippen LogP contribution in [0.3, 0.4) is 0 Å². The Morgan fingerprint density at radius 3 is 3.56 bits per heavy atom. The highest BCUT2D eigenvalue weighted by Gasteiger charge is 2.21. The van der Waals surface area contributed by atoms with Gasteiger partial charge in [0, 0.05) is 13.1 Å². The van der Waals surface area contributed by atoms with E-state index < -0.39 is 0 Å². The summed E-state index contributed by atoms with van der Waals surface area (Å²) in [5.41, 5.74) is 0. The Bertz CT molecular complexity index is 133. The van der Waals surface area contributed by atoms with Crippen LogP contribution >= 0.6 is 0 Å². The van der Waals surface area contributed by atoms with Gasteiger partial charge in [0.2, 0.25) is 0 Å². The SMILES string of the molecule is C1=NN2CCCNC2N1. The second-order valence-electron chi connectivity index (χ2n) is 2.28. The molecule has 0 amide bonds. The second-order valence-corrected chi connectivity index (χ2v) is 2.28. The summed E-state index contributed by atoms with van der Waals surface area (Å²) >= 11 is 0. The van der Waals surface area contributed by atoms with Crippen molar-refractivity contribution in [2.24, 2.45) is 5.10 Å². The quantitative estimate of drug-likeness (QED) is 0.442. The van der Waals surface area contributed by atoms with Crippen molar-refractivity contribution in [2.75, 3.05) is 13.1 Å². The van der Waals surface area contributed by atoms with Crippen molar-refractivity contribution in [3.05, 3.63) is 0 Å². The van der Waals surface area contributed by atoms with Gasteiger partial charge in [0.25, 0.3) is 0 Å². The Hall–Kier alpha value is -0.770. The van der Waals surface area contributed by atoms with E-state index in [-0.39, 0.29) is 6.29 Å². The molecule has 2 N–H and O–H groups in total. The highest BCUT2D eigenvalue weighted by Crippen LogP contribution is 2.04. The zero-order valence-electron chi connectivity index (χ0n) is 5.17. The van der Waals surface area contributed by atoms with E-state index in [0.29, 0.717) is 0 Å². The van der Waals surface area contributed by atoms with E-state index in [1.807, 2.05) is 5.01 Å². The summed E-state index contributed by atoms with van der Waals surface area (Å²) in [5, 5.41) is 12.5. The average molecular weight is 126 g/mol. The Morgan fingerprint density at radius 2 is 2.67 bits per heavy atom. The number of hydrazone groups is 1. The second kappa shape index (κ2) is 1.88. The normalized spacial score (nSPS) is 32.0. The van der Waals surface area contributed by atoms with Gasteiger partial charge in [0.15, 0.2) is 6.29 Å². The Balaban J connectivity index is 2.03. The summed E-state index contributed by atoms with van der Waals surface area (Å²) in [6.45, 7) is 2.17. The highest BCUT2D eigenvalue weighted by molar-refractivity contribution is 5.56. The Labute approximate surface area is 53.9 Å². The first-order chi connectivity index (χ1) is 4.47. The maximum Gasteiger partial charge on any atom is 0.171 e. The van der Waals surface area contributed by atoms with Gasteiger partial charge in [-0.3, -0.25) is 10.3 Å². The summed E-state index contributed by atoms with van der Waals surface area (Å²) < 4.78 is 0. The van der Waals surface area contributed by atoms with Crippen molar-refractivity contribution in [1.82, 2.24) is 15.6 Å². The van der Waals surface area contributed by atoms with Crippen LogP contribution in [-0.2, 0) is 0 Å². The monoisotopic (exact) mass is 126 g/mol. The van der Waals surface area contributed by atoms with E-state index in [2.05, 4.69) is 15.7 Å². The van der Waals surface area contributed by atoms with E-state index in [4.69, 9.17) is 0 Å². The van der Waals surface area contributed by atoms with Crippen LogP contribution in [0.4, 0.5) is 0 Å². The van der Waals surface area contributed by atoms with Crippen molar-refractivity contribution >= 4 is 6.34 Å². The van der Waals surface area contributed by atoms with Crippen LogP contribution in [0.1, 0.15) is 6.42 Å². The van der Waals surface area contributed by atoms with Gasteiger partial charge in [0.1, 0.15) is 6.34 Å². The molecule has 0 saturated carbocycles. The Kier molecular flexibility index (Phi) is 1.05. The van der Waals surface area contributed by atoms with E-state index in [1.165, 1.54) is 6.42 Å². The van der Waals surface area contributed by atoms with Crippen LogP contribution in [-0.4, -0.2) is 30.7 Å². The van der Waals surface area contributed by atoms with Gasteiger partial charge in [-0.05, 0) is 6.42 Å². The molecule has 9 heavy (non-hydrogen) atoms. The zero-order chi connectivity index (χ0) is 6.10. The van der Waals surface area contributed by atoms with E-state index in [0.717, 1.165) is 13.1 Å². The number of rotatable bonds is 0. The third-order valence-electron chi connectivity index (χ3n) is 1.64. The van der Waals surface area contributed by atoms with Gasteiger partial charge in [-0.25, -0.2) is 0 Å². The number of nitrogens with zero attached hydrogens (tertiary/aromatic N) is 2. The molecular formula is C5H10N4. The van der Waals surface area contributed by atoms with Crippen LogP contribution in [0.5, 0.6) is 0 Å². The van der Waals surface area contributed by atoms with Gasteiger partial charge in [0.05, 0.1) is 0 Å². The molecule has 2 heterocycles. The minimum Gasteiger partial charge on any atom is -0.341 e. The fourth-order valence-corrected chi connectivity index (χ4v) is 1.16. The predicted octanol–water partition coefficient (Wildman–Crippen LogP) is -0.888. The van der Waals surface area contributed by atoms with Crippen molar-refractivity contribution in [1.29, 1.82) is 0 Å². The molecule has 2 aliphatic rings. The van der Waals surface area contributed by atoms with Gasteiger partial charge in [-0.2, -0.15) is 5.10 Å². The lowest BCUT2D eigenvalue weighted by atomic mass is 10.3. The number of hydrogen-bond donors (Lipinski definition) is 2. The van der Waals surface area contributed by atoms with Crippen LogP contribution in [0.25, 0.3) is 0 Å². The van der Waals surface area contributed by atoms with E-state index in [1.54, 1.807) is 6.34 Å². The number of nitrogens with one attached hydrogen (secondary N) is 2. The van der Waals surface area contributed by atoms with Crippen molar-refractivity contribution in [3.8, 4) is 0 Å². The molecule has 0 radical (unpaired) electrons. The molecular weight excluding hydrogens is 116 g/mol. The topological polar surface area (TPSA) is 39.7 Å². The standard InChI is InChI=1S/C5H10N4/c1-2-6-5-7-4-8-9(5)3-1/h4-6H,1-3H2,(H,7,8). The smallest absolute Gasteiger partial charge is 0.171 e. The Morgan fingerprint density at radius 1 is 1.67 bits per heavy atom. The van der Waals surface area contributed by atoms with Gasteiger partial charge in [-0.1, -0.05) is 0 Å². The van der Waals surface area contributed by atoms with Crippen LogP contribution in [0.2, 0.25) is 0 Å². The van der Waals surface area contributed by atoms with Gasteiger partial charge in [-0.15, -0.1) is 0 Å². The molecule has 4 nitrogen and oxygen atoms in total. The molecule has 0 bridgehead atoms. The third-order valence-corrected chi connectivity index (χ3v) is 1.64. The molecule has 0 aromatic rings. The highest BCUT2D eigenvalue weighted by atomic mass is 15.6. The summed E-state index contributed by atoms with van der Waals surface area (Å²) in [5.74, 6) is 0. The molecule has 1 atom stereocenters. The van der Waals surface area contributed by atoms with Gasteiger partial charge >= 0.3 is 0 Å². The summed E-state index contributed by atoms with van der Waals surface area (Å²) in [6.07, 6.45) is 3.21. The van der Waals surface area contributed by atoms with Crippen molar-refractivity contribution in [3.63, 3.8) is 0 Å². The molecule has 4 heteroatoms. The van der Waals surface area contributed by atoms with E-state index in [9.17, 15) is 0 Å². The average Bonchev–Trinajstić information content (AvgIpc) is 2.33. The minimum absolute atomic E-state index is 0.277. The van der Waals surface area contributed by atoms with E-state index >= 15 is 0 Å². The molecule has 2 rings (SSSR count). The first kappa shape index (κ1) is 5.05. The van der Waals surface area contributed by atoms with Crippen LogP contribution in [0.15, 0.2) is 5.10 Å². The van der Waals surface area contributed by atoms with Gasteiger partial charge < -0.3 is 5.32 Å². The molecule has 1 unspecified atom stereocenters. The molecule has 0 aliphatic carbocycles. The predicted molar refractivity (Wildman–Crippen MR) is 34.7 cm³/mol. The molecule has 0 aromatic carbocycles. The first-order valence-corrected chi connectivity index (χ1v) is 3.25. The first-order valence-electron chi connectivity index (χ1n) is 3.25. The lowest BCUT2D eigenvalue weighted by Gasteiger charge is -2.28. The van der Waals surface area contributed by atoms with Crippen LogP contribution in [0, 0.1) is 0 Å². The molecule has 0 spiro atoms. The van der Waals surface area contributed by atoms with Crippen LogP contribution < -0.4 is 10.6 Å². The molecule has 50 valence electrons. The number of hydrogen-bond acceptors (Lipinski definition) is 4. The molecule has 0 aromatic heterocycles. The largest absolute Gasteiger partial charge is 0.341 e. The summed E-state index contributed by atoms with van der Waals surface area (Å²) in [4.78, 5) is 0. The maximum atomic E-state index is 4.09.